The third kappa shape index (κ3) is 3.07. The Hall–Kier alpha value is -0.870. The fraction of sp³-hybridized carbons (Fsp3) is 0.769. The highest BCUT2D eigenvalue weighted by atomic mass is 16.3. The lowest BCUT2D eigenvalue weighted by Crippen LogP contribution is -2.45. The number of nitrogens with zero attached hydrogens (tertiary/aromatic N) is 1. The van der Waals surface area contributed by atoms with E-state index in [0.717, 1.165) is 18.7 Å². The monoisotopic (exact) mass is 240 g/mol. The lowest BCUT2D eigenvalue weighted by atomic mass is 9.84. The van der Waals surface area contributed by atoms with Crippen LogP contribution in [0.3, 0.4) is 0 Å². The molecule has 1 heterocycles. The van der Waals surface area contributed by atoms with Crippen molar-refractivity contribution in [3.05, 3.63) is 11.3 Å². The molecule has 0 bridgehead atoms. The molecule has 1 amide bonds. The molecule has 0 unspecified atom stereocenters. The van der Waals surface area contributed by atoms with Crippen molar-refractivity contribution in [2.45, 2.75) is 40.2 Å². The van der Waals surface area contributed by atoms with Gasteiger partial charge >= 0.3 is 0 Å². The minimum absolute atomic E-state index is 0.0250. The summed E-state index contributed by atoms with van der Waals surface area (Å²) in [5, 5.41) is 12.2. The molecule has 98 valence electrons. The van der Waals surface area contributed by atoms with E-state index in [0.29, 0.717) is 0 Å². The molecule has 0 radical (unpaired) electrons. The van der Waals surface area contributed by atoms with Gasteiger partial charge in [-0.3, -0.25) is 9.69 Å². The van der Waals surface area contributed by atoms with Gasteiger partial charge in [0.15, 0.2) is 0 Å². The second kappa shape index (κ2) is 5.19. The molecule has 1 aliphatic heterocycles. The predicted molar refractivity (Wildman–Crippen MR) is 68.4 cm³/mol. The summed E-state index contributed by atoms with van der Waals surface area (Å²) in [6, 6.07) is -0.448. The molecule has 17 heavy (non-hydrogen) atoms. The number of rotatable bonds is 2. The number of amides is 1. The van der Waals surface area contributed by atoms with Crippen molar-refractivity contribution in [2.24, 2.45) is 5.41 Å². The third-order valence-corrected chi connectivity index (χ3v) is 3.31. The fourth-order valence-corrected chi connectivity index (χ4v) is 2.18. The molecule has 1 atom stereocenters. The van der Waals surface area contributed by atoms with Crippen molar-refractivity contribution < 1.29 is 9.90 Å². The maximum Gasteiger partial charge on any atom is 0.243 e. The molecule has 1 aliphatic rings. The van der Waals surface area contributed by atoms with Crippen molar-refractivity contribution in [3.8, 4) is 0 Å². The van der Waals surface area contributed by atoms with E-state index in [2.05, 4.69) is 26.1 Å². The van der Waals surface area contributed by atoms with Crippen LogP contribution in [0.15, 0.2) is 11.3 Å². The molecule has 0 aromatic carbocycles. The van der Waals surface area contributed by atoms with Gasteiger partial charge in [0.05, 0.1) is 6.61 Å². The molecule has 0 aliphatic carbocycles. The number of carbonyl (C=O) groups is 1. The van der Waals surface area contributed by atoms with Gasteiger partial charge in [-0.15, -0.1) is 0 Å². The lowest BCUT2D eigenvalue weighted by Gasteiger charge is -2.29. The maximum atomic E-state index is 12.0. The van der Waals surface area contributed by atoms with Crippen molar-refractivity contribution in [1.82, 2.24) is 10.2 Å². The Balaban J connectivity index is 3.12. The minimum atomic E-state index is -0.448. The third-order valence-electron chi connectivity index (χ3n) is 3.31. The first-order chi connectivity index (χ1) is 7.81. The Bertz CT molecular complexity index is 329. The summed E-state index contributed by atoms with van der Waals surface area (Å²) in [7, 11) is 1.88. The molecule has 4 heteroatoms. The number of carbonyl (C=O) groups excluding carboxylic acids is 1. The average molecular weight is 240 g/mol. The molecule has 0 spiro atoms. The Morgan fingerprint density at radius 2 is 2.06 bits per heavy atom. The van der Waals surface area contributed by atoms with E-state index in [9.17, 15) is 9.90 Å². The van der Waals surface area contributed by atoms with Gasteiger partial charge in [-0.05, 0) is 24.5 Å². The Morgan fingerprint density at radius 1 is 1.47 bits per heavy atom. The topological polar surface area (TPSA) is 52.6 Å². The lowest BCUT2D eigenvalue weighted by molar-refractivity contribution is -0.126. The van der Waals surface area contributed by atoms with Gasteiger partial charge in [-0.25, -0.2) is 0 Å². The summed E-state index contributed by atoms with van der Waals surface area (Å²) in [6.45, 7) is 9.07. The highest BCUT2D eigenvalue weighted by Crippen LogP contribution is 2.30. The van der Waals surface area contributed by atoms with Gasteiger partial charge in [0.2, 0.25) is 5.91 Å². The van der Waals surface area contributed by atoms with Crippen LogP contribution in [0.2, 0.25) is 0 Å². The first-order valence-electron chi connectivity index (χ1n) is 6.15. The second-order valence-electron chi connectivity index (χ2n) is 5.66. The highest BCUT2D eigenvalue weighted by Gasteiger charge is 2.32. The second-order valence-corrected chi connectivity index (χ2v) is 5.66. The molecule has 0 saturated carbocycles. The van der Waals surface area contributed by atoms with Gasteiger partial charge in [-0.2, -0.15) is 0 Å². The standard InChI is InChI=1S/C13H24N2O2/c1-6-10-9(13(2,3)4)7-15(5)11(8-16)12(17)14-10/h11,16H,6-8H2,1-5H3,(H,14,17)/t11-/m0/s1. The van der Waals surface area contributed by atoms with Gasteiger partial charge in [0.1, 0.15) is 6.04 Å². The van der Waals surface area contributed by atoms with E-state index in [-0.39, 0.29) is 17.9 Å². The largest absolute Gasteiger partial charge is 0.394 e. The summed E-state index contributed by atoms with van der Waals surface area (Å²) in [5.74, 6) is -0.105. The van der Waals surface area contributed by atoms with Crippen LogP contribution in [0.1, 0.15) is 34.1 Å². The SMILES string of the molecule is CCC1=C(C(C)(C)C)CN(C)[C@@H](CO)C(=O)N1. The first-order valence-corrected chi connectivity index (χ1v) is 6.15. The fourth-order valence-electron chi connectivity index (χ4n) is 2.18. The minimum Gasteiger partial charge on any atom is -0.394 e. The van der Waals surface area contributed by atoms with Crippen LogP contribution >= 0.6 is 0 Å². The van der Waals surface area contributed by atoms with E-state index in [1.165, 1.54) is 5.57 Å². The number of aliphatic hydroxyl groups is 1. The van der Waals surface area contributed by atoms with Crippen LogP contribution in [-0.2, 0) is 4.79 Å². The van der Waals surface area contributed by atoms with E-state index in [4.69, 9.17) is 0 Å². The van der Waals surface area contributed by atoms with Crippen LogP contribution in [0.4, 0.5) is 0 Å². The number of nitrogens with one attached hydrogen (secondary N) is 1. The van der Waals surface area contributed by atoms with Crippen molar-refractivity contribution in [3.63, 3.8) is 0 Å². The van der Waals surface area contributed by atoms with Gasteiger partial charge in [-0.1, -0.05) is 27.7 Å². The number of allylic oxidation sites excluding steroid dienone is 1. The predicted octanol–water partition coefficient (Wildman–Crippen LogP) is 1.12. The number of hydrogen-bond donors (Lipinski definition) is 2. The summed E-state index contributed by atoms with van der Waals surface area (Å²) >= 11 is 0. The van der Waals surface area contributed by atoms with Crippen LogP contribution in [0.5, 0.6) is 0 Å². The zero-order valence-electron chi connectivity index (χ0n) is 11.5. The number of aliphatic hydroxyl groups excluding tert-OH is 1. The normalized spacial score (nSPS) is 23.6. The zero-order chi connectivity index (χ0) is 13.2. The van der Waals surface area contributed by atoms with Gasteiger partial charge < -0.3 is 10.4 Å². The molecule has 1 rings (SSSR count). The first kappa shape index (κ1) is 14.2. The molecular weight excluding hydrogens is 216 g/mol. The average Bonchev–Trinajstić information content (AvgIpc) is 2.34. The van der Waals surface area contributed by atoms with Crippen molar-refractivity contribution in [1.29, 1.82) is 0 Å². The molecule has 0 fully saturated rings. The van der Waals surface area contributed by atoms with E-state index >= 15 is 0 Å². The van der Waals surface area contributed by atoms with Crippen LogP contribution in [0, 0.1) is 5.41 Å². The Kier molecular flexibility index (Phi) is 4.33. The van der Waals surface area contributed by atoms with E-state index in [1.54, 1.807) is 0 Å². The molecule has 0 aromatic heterocycles. The quantitative estimate of drug-likeness (QED) is 0.760. The molecule has 2 N–H and O–H groups in total. The Morgan fingerprint density at radius 3 is 2.47 bits per heavy atom. The Labute approximate surface area is 104 Å². The summed E-state index contributed by atoms with van der Waals surface area (Å²) in [5.41, 5.74) is 2.27. The molecule has 0 aromatic rings. The number of hydrogen-bond acceptors (Lipinski definition) is 3. The van der Waals surface area contributed by atoms with E-state index in [1.807, 2.05) is 18.9 Å². The van der Waals surface area contributed by atoms with Crippen molar-refractivity contribution >= 4 is 5.91 Å². The smallest absolute Gasteiger partial charge is 0.243 e. The summed E-state index contributed by atoms with van der Waals surface area (Å²) in [4.78, 5) is 13.9. The summed E-state index contributed by atoms with van der Waals surface area (Å²) in [6.07, 6.45) is 0.810. The van der Waals surface area contributed by atoms with E-state index < -0.39 is 6.04 Å². The molecular formula is C13H24N2O2. The summed E-state index contributed by atoms with van der Waals surface area (Å²) < 4.78 is 0. The maximum absolute atomic E-state index is 12.0. The molecule has 0 saturated heterocycles. The number of likely N-dealkylation sites (N-methyl/N-ethyl adjacent to an activating group) is 1. The zero-order valence-corrected chi connectivity index (χ0v) is 11.5. The van der Waals surface area contributed by atoms with Gasteiger partial charge in [0, 0.05) is 12.2 Å². The van der Waals surface area contributed by atoms with Crippen molar-refractivity contribution in [2.75, 3.05) is 20.2 Å². The highest BCUT2D eigenvalue weighted by molar-refractivity contribution is 5.84. The molecule has 4 nitrogen and oxygen atoms in total. The van der Waals surface area contributed by atoms with Gasteiger partial charge in [0.25, 0.3) is 0 Å². The van der Waals surface area contributed by atoms with Crippen LogP contribution in [-0.4, -0.2) is 42.2 Å². The van der Waals surface area contributed by atoms with Crippen LogP contribution < -0.4 is 5.32 Å². The van der Waals surface area contributed by atoms with Crippen LogP contribution in [0.25, 0.3) is 0 Å².